The smallest absolute Gasteiger partial charge is 0.308 e. The number of rotatable bonds is 1. The predicted molar refractivity (Wildman–Crippen MR) is 43.0 cm³/mol. The molecule has 0 amide bonds. The molecule has 4 nitrogen and oxygen atoms in total. The Morgan fingerprint density at radius 2 is 2.25 bits per heavy atom. The maximum atomic E-state index is 11.2. The molecular weight excluding hydrogens is 158 g/mol. The van der Waals surface area contributed by atoms with E-state index in [-0.39, 0.29) is 11.3 Å². The Morgan fingerprint density at radius 1 is 1.58 bits per heavy atom. The van der Waals surface area contributed by atoms with E-state index >= 15 is 0 Å². The number of ether oxygens (including phenoxy) is 1. The molecule has 4 heteroatoms. The van der Waals surface area contributed by atoms with Crippen LogP contribution in [0.5, 0.6) is 5.75 Å². The van der Waals surface area contributed by atoms with Gasteiger partial charge in [0, 0.05) is 20.2 Å². The number of pyridine rings is 1. The van der Waals surface area contributed by atoms with Crippen molar-refractivity contribution in [3.05, 3.63) is 28.7 Å². The number of aryl methyl sites for hydroxylation is 1. The van der Waals surface area contributed by atoms with Gasteiger partial charge in [-0.2, -0.15) is 0 Å². The highest BCUT2D eigenvalue weighted by Crippen LogP contribution is 2.00. The molecule has 0 aliphatic carbocycles. The average Bonchev–Trinajstić information content (AvgIpc) is 1.98. The average molecular weight is 167 g/mol. The first-order valence-electron chi connectivity index (χ1n) is 3.45. The van der Waals surface area contributed by atoms with E-state index in [1.54, 1.807) is 19.3 Å². The second kappa shape index (κ2) is 3.21. The van der Waals surface area contributed by atoms with Crippen molar-refractivity contribution in [2.24, 2.45) is 7.05 Å². The van der Waals surface area contributed by atoms with Crippen molar-refractivity contribution >= 4 is 5.97 Å². The summed E-state index contributed by atoms with van der Waals surface area (Å²) in [4.78, 5) is 21.7. The molecule has 1 rings (SSSR count). The van der Waals surface area contributed by atoms with Crippen LogP contribution in [0.2, 0.25) is 0 Å². The maximum absolute atomic E-state index is 11.2. The number of carbonyl (C=O) groups excluding carboxylic acids is 1. The monoisotopic (exact) mass is 167 g/mol. The molecule has 0 saturated heterocycles. The molecule has 0 aromatic carbocycles. The third kappa shape index (κ3) is 1.72. The van der Waals surface area contributed by atoms with Crippen LogP contribution in [-0.2, 0) is 11.8 Å². The molecule has 12 heavy (non-hydrogen) atoms. The first-order chi connectivity index (χ1) is 5.61. The summed E-state index contributed by atoms with van der Waals surface area (Å²) in [5.74, 6) is -0.425. The highest BCUT2D eigenvalue weighted by atomic mass is 16.5. The van der Waals surface area contributed by atoms with Crippen LogP contribution >= 0.6 is 0 Å². The van der Waals surface area contributed by atoms with Crippen molar-refractivity contribution in [1.82, 2.24) is 4.57 Å². The van der Waals surface area contributed by atoms with Gasteiger partial charge in [-0.1, -0.05) is 0 Å². The zero-order valence-electron chi connectivity index (χ0n) is 6.90. The van der Waals surface area contributed by atoms with E-state index in [1.165, 1.54) is 17.6 Å². The fraction of sp³-hybridized carbons (Fsp3) is 0.250. The molecule has 1 aromatic rings. The van der Waals surface area contributed by atoms with Crippen molar-refractivity contribution in [2.75, 3.05) is 0 Å². The van der Waals surface area contributed by atoms with Crippen LogP contribution in [0.3, 0.4) is 0 Å². The molecule has 0 unspecified atom stereocenters. The minimum absolute atomic E-state index is 0.0625. The molecule has 0 saturated carbocycles. The third-order valence-corrected chi connectivity index (χ3v) is 1.34. The minimum Gasteiger partial charge on any atom is -0.421 e. The van der Waals surface area contributed by atoms with Crippen LogP contribution in [0.25, 0.3) is 0 Å². The minimum atomic E-state index is -0.488. The highest BCUT2D eigenvalue weighted by molar-refractivity contribution is 5.69. The van der Waals surface area contributed by atoms with Gasteiger partial charge in [0.25, 0.3) is 5.56 Å². The van der Waals surface area contributed by atoms with Crippen LogP contribution < -0.4 is 10.3 Å². The Bertz CT molecular complexity index is 354. The molecule has 0 spiro atoms. The summed E-state index contributed by atoms with van der Waals surface area (Å²) in [7, 11) is 1.59. The summed E-state index contributed by atoms with van der Waals surface area (Å²) in [6, 6.07) is 3.10. The number of hydrogen-bond donors (Lipinski definition) is 0. The second-order valence-electron chi connectivity index (χ2n) is 2.38. The van der Waals surface area contributed by atoms with Gasteiger partial charge in [-0.15, -0.1) is 0 Å². The van der Waals surface area contributed by atoms with Gasteiger partial charge in [-0.25, -0.2) is 0 Å². The molecule has 0 aliphatic heterocycles. The normalized spacial score (nSPS) is 9.50. The molecule has 1 heterocycles. The summed E-state index contributed by atoms with van der Waals surface area (Å²) in [5.41, 5.74) is -0.312. The van der Waals surface area contributed by atoms with Gasteiger partial charge in [-0.05, 0) is 12.1 Å². The first-order valence-corrected chi connectivity index (χ1v) is 3.45. The van der Waals surface area contributed by atoms with Gasteiger partial charge in [-0.3, -0.25) is 9.59 Å². The number of hydrogen-bond acceptors (Lipinski definition) is 3. The SMILES string of the molecule is CC(=O)Oc1cccn(C)c1=O. The van der Waals surface area contributed by atoms with Gasteiger partial charge in [0.1, 0.15) is 0 Å². The topological polar surface area (TPSA) is 48.3 Å². The zero-order valence-corrected chi connectivity index (χ0v) is 6.90. The van der Waals surface area contributed by atoms with Gasteiger partial charge in [0.2, 0.25) is 0 Å². The van der Waals surface area contributed by atoms with Crippen LogP contribution in [0, 0.1) is 0 Å². The van der Waals surface area contributed by atoms with E-state index in [9.17, 15) is 9.59 Å². The third-order valence-electron chi connectivity index (χ3n) is 1.34. The summed E-state index contributed by atoms with van der Waals surface area (Å²) >= 11 is 0. The fourth-order valence-corrected chi connectivity index (χ4v) is 0.805. The molecule has 64 valence electrons. The summed E-state index contributed by atoms with van der Waals surface area (Å²) in [6.07, 6.45) is 1.59. The van der Waals surface area contributed by atoms with Crippen LogP contribution in [-0.4, -0.2) is 10.5 Å². The van der Waals surface area contributed by atoms with Crippen molar-refractivity contribution in [3.8, 4) is 5.75 Å². The van der Waals surface area contributed by atoms with Crippen molar-refractivity contribution in [1.29, 1.82) is 0 Å². The van der Waals surface area contributed by atoms with E-state index in [0.29, 0.717) is 0 Å². The Kier molecular flexibility index (Phi) is 2.28. The molecule has 0 radical (unpaired) electrons. The van der Waals surface area contributed by atoms with Gasteiger partial charge in [0.15, 0.2) is 5.75 Å². The number of carbonyl (C=O) groups is 1. The van der Waals surface area contributed by atoms with Crippen molar-refractivity contribution in [3.63, 3.8) is 0 Å². The molecular formula is C8H9NO3. The Labute approximate surface area is 69.4 Å². The van der Waals surface area contributed by atoms with E-state index in [1.807, 2.05) is 0 Å². The molecule has 0 bridgehead atoms. The Balaban J connectivity index is 3.09. The first kappa shape index (κ1) is 8.52. The van der Waals surface area contributed by atoms with E-state index in [0.717, 1.165) is 0 Å². The molecule has 0 fully saturated rings. The molecule has 0 atom stereocenters. The molecule has 0 aliphatic rings. The second-order valence-corrected chi connectivity index (χ2v) is 2.38. The van der Waals surface area contributed by atoms with Crippen LogP contribution in [0.1, 0.15) is 6.92 Å². The zero-order chi connectivity index (χ0) is 9.14. The Hall–Kier alpha value is -1.58. The van der Waals surface area contributed by atoms with E-state index < -0.39 is 5.97 Å². The quantitative estimate of drug-likeness (QED) is 0.565. The van der Waals surface area contributed by atoms with Gasteiger partial charge < -0.3 is 9.30 Å². The van der Waals surface area contributed by atoms with Crippen LogP contribution in [0.4, 0.5) is 0 Å². The lowest BCUT2D eigenvalue weighted by Crippen LogP contribution is -2.19. The standard InChI is InChI=1S/C8H9NO3/c1-6(10)12-7-4-3-5-9(2)8(7)11/h3-5H,1-2H3. The predicted octanol–water partition coefficient (Wildman–Crippen LogP) is 0.311. The van der Waals surface area contributed by atoms with E-state index in [2.05, 4.69) is 4.74 Å². The lowest BCUT2D eigenvalue weighted by Gasteiger charge is -2.01. The van der Waals surface area contributed by atoms with Gasteiger partial charge >= 0.3 is 5.97 Å². The Morgan fingerprint density at radius 3 is 2.83 bits per heavy atom. The van der Waals surface area contributed by atoms with Crippen LogP contribution in [0.15, 0.2) is 23.1 Å². The van der Waals surface area contributed by atoms with Crippen molar-refractivity contribution < 1.29 is 9.53 Å². The number of aromatic nitrogens is 1. The lowest BCUT2D eigenvalue weighted by molar-refractivity contribution is -0.132. The molecule has 0 N–H and O–H groups in total. The fourth-order valence-electron chi connectivity index (χ4n) is 0.805. The highest BCUT2D eigenvalue weighted by Gasteiger charge is 2.03. The molecule has 1 aromatic heterocycles. The largest absolute Gasteiger partial charge is 0.421 e. The van der Waals surface area contributed by atoms with Crippen molar-refractivity contribution in [2.45, 2.75) is 6.92 Å². The maximum Gasteiger partial charge on any atom is 0.308 e. The van der Waals surface area contributed by atoms with E-state index in [4.69, 9.17) is 0 Å². The summed E-state index contributed by atoms with van der Waals surface area (Å²) in [5, 5.41) is 0. The van der Waals surface area contributed by atoms with Gasteiger partial charge in [0.05, 0.1) is 0 Å². The number of nitrogens with zero attached hydrogens (tertiary/aromatic N) is 1. The number of esters is 1. The lowest BCUT2D eigenvalue weighted by atomic mass is 10.4. The summed E-state index contributed by atoms with van der Waals surface area (Å²) in [6.45, 7) is 1.26. The summed E-state index contributed by atoms with van der Waals surface area (Å²) < 4.78 is 6.00.